The fourth-order valence-electron chi connectivity index (χ4n) is 3.25. The van der Waals surface area contributed by atoms with Gasteiger partial charge in [-0.05, 0) is 37.1 Å². The third-order valence-corrected chi connectivity index (χ3v) is 4.59. The SMILES string of the molecule is O=C(CN1CCCCC1)N(Cc1ccccc1)Cc1ccccc1. The lowest BCUT2D eigenvalue weighted by Gasteiger charge is -2.30. The zero-order valence-corrected chi connectivity index (χ0v) is 14.2. The molecule has 0 spiro atoms. The number of carbonyl (C=O) groups is 1. The zero-order chi connectivity index (χ0) is 16.6. The van der Waals surface area contributed by atoms with E-state index >= 15 is 0 Å². The van der Waals surface area contributed by atoms with Gasteiger partial charge in [-0.2, -0.15) is 0 Å². The van der Waals surface area contributed by atoms with Gasteiger partial charge in [0.15, 0.2) is 0 Å². The molecule has 1 amide bonds. The molecule has 0 N–H and O–H groups in total. The second-order valence-corrected chi connectivity index (χ2v) is 6.56. The summed E-state index contributed by atoms with van der Waals surface area (Å²) in [6, 6.07) is 20.5. The highest BCUT2D eigenvalue weighted by molar-refractivity contribution is 5.78. The predicted molar refractivity (Wildman–Crippen MR) is 97.4 cm³/mol. The largest absolute Gasteiger partial charge is 0.333 e. The van der Waals surface area contributed by atoms with E-state index in [1.165, 1.54) is 30.4 Å². The smallest absolute Gasteiger partial charge is 0.237 e. The zero-order valence-electron chi connectivity index (χ0n) is 14.2. The average Bonchev–Trinajstić information content (AvgIpc) is 2.64. The summed E-state index contributed by atoms with van der Waals surface area (Å²) in [6.45, 7) is 3.98. The lowest BCUT2D eigenvalue weighted by Crippen LogP contribution is -2.41. The molecule has 2 aromatic carbocycles. The minimum Gasteiger partial charge on any atom is -0.333 e. The van der Waals surface area contributed by atoms with E-state index in [2.05, 4.69) is 29.2 Å². The predicted octanol–water partition coefficient (Wildman–Crippen LogP) is 3.70. The Balaban J connectivity index is 1.69. The number of benzene rings is 2. The molecule has 0 aromatic heterocycles. The van der Waals surface area contributed by atoms with E-state index in [0.717, 1.165) is 13.1 Å². The van der Waals surface area contributed by atoms with Crippen LogP contribution >= 0.6 is 0 Å². The summed E-state index contributed by atoms with van der Waals surface area (Å²) in [5, 5.41) is 0. The van der Waals surface area contributed by atoms with Gasteiger partial charge < -0.3 is 4.90 Å². The van der Waals surface area contributed by atoms with E-state index in [0.29, 0.717) is 19.6 Å². The number of likely N-dealkylation sites (tertiary alicyclic amines) is 1. The Morgan fingerprint density at radius 1 is 0.792 bits per heavy atom. The van der Waals surface area contributed by atoms with Gasteiger partial charge in [-0.15, -0.1) is 0 Å². The Bertz CT molecular complexity index is 579. The van der Waals surface area contributed by atoms with E-state index < -0.39 is 0 Å². The molecule has 1 saturated heterocycles. The van der Waals surface area contributed by atoms with E-state index in [1.807, 2.05) is 41.3 Å². The summed E-state index contributed by atoms with van der Waals surface area (Å²) in [6.07, 6.45) is 3.72. The Morgan fingerprint density at radius 2 is 1.29 bits per heavy atom. The van der Waals surface area contributed by atoms with Crippen LogP contribution in [0.2, 0.25) is 0 Å². The minimum atomic E-state index is 0.226. The Hall–Kier alpha value is -2.13. The van der Waals surface area contributed by atoms with Gasteiger partial charge >= 0.3 is 0 Å². The van der Waals surface area contributed by atoms with Gasteiger partial charge in [0.1, 0.15) is 0 Å². The van der Waals surface area contributed by atoms with Crippen LogP contribution in [0.15, 0.2) is 60.7 Å². The summed E-state index contributed by atoms with van der Waals surface area (Å²) >= 11 is 0. The van der Waals surface area contributed by atoms with Crippen LogP contribution in [-0.2, 0) is 17.9 Å². The molecule has 0 radical (unpaired) electrons. The quantitative estimate of drug-likeness (QED) is 0.809. The maximum absolute atomic E-state index is 12.9. The van der Waals surface area contributed by atoms with Crippen LogP contribution in [0, 0.1) is 0 Å². The summed E-state index contributed by atoms with van der Waals surface area (Å²) in [5.41, 5.74) is 2.36. The Morgan fingerprint density at radius 3 is 1.79 bits per heavy atom. The topological polar surface area (TPSA) is 23.6 Å². The molecular formula is C21H26N2O. The summed E-state index contributed by atoms with van der Waals surface area (Å²) in [5.74, 6) is 0.226. The number of amides is 1. The van der Waals surface area contributed by atoms with Crippen LogP contribution in [0.3, 0.4) is 0 Å². The normalized spacial score (nSPS) is 15.2. The van der Waals surface area contributed by atoms with Crippen LogP contribution in [-0.4, -0.2) is 35.3 Å². The van der Waals surface area contributed by atoms with Gasteiger partial charge in [-0.1, -0.05) is 67.1 Å². The monoisotopic (exact) mass is 322 g/mol. The molecule has 3 rings (SSSR count). The number of hydrogen-bond acceptors (Lipinski definition) is 2. The van der Waals surface area contributed by atoms with Gasteiger partial charge in [-0.25, -0.2) is 0 Å². The first-order valence-corrected chi connectivity index (χ1v) is 8.89. The summed E-state index contributed by atoms with van der Waals surface area (Å²) in [7, 11) is 0. The van der Waals surface area contributed by atoms with Crippen LogP contribution in [0.4, 0.5) is 0 Å². The molecule has 2 aromatic rings. The molecular weight excluding hydrogens is 296 g/mol. The molecule has 0 unspecified atom stereocenters. The van der Waals surface area contributed by atoms with Crippen molar-refractivity contribution in [2.45, 2.75) is 32.4 Å². The molecule has 126 valence electrons. The molecule has 1 heterocycles. The van der Waals surface area contributed by atoms with Crippen molar-refractivity contribution in [3.05, 3.63) is 71.8 Å². The third-order valence-electron chi connectivity index (χ3n) is 4.59. The van der Waals surface area contributed by atoms with E-state index in [-0.39, 0.29) is 5.91 Å². The second-order valence-electron chi connectivity index (χ2n) is 6.56. The first kappa shape index (κ1) is 16.7. The van der Waals surface area contributed by atoms with Crippen molar-refractivity contribution in [2.75, 3.05) is 19.6 Å². The summed E-state index contributed by atoms with van der Waals surface area (Å²) in [4.78, 5) is 17.2. The number of carbonyl (C=O) groups excluding carboxylic acids is 1. The molecule has 1 aliphatic rings. The highest BCUT2D eigenvalue weighted by atomic mass is 16.2. The van der Waals surface area contributed by atoms with Crippen LogP contribution < -0.4 is 0 Å². The van der Waals surface area contributed by atoms with Crippen molar-refractivity contribution in [1.29, 1.82) is 0 Å². The lowest BCUT2D eigenvalue weighted by molar-refractivity contribution is -0.133. The number of hydrogen-bond donors (Lipinski definition) is 0. The molecule has 1 fully saturated rings. The van der Waals surface area contributed by atoms with Crippen molar-refractivity contribution in [3.8, 4) is 0 Å². The fraction of sp³-hybridized carbons (Fsp3) is 0.381. The third kappa shape index (κ3) is 4.93. The summed E-state index contributed by atoms with van der Waals surface area (Å²) < 4.78 is 0. The van der Waals surface area contributed by atoms with Crippen molar-refractivity contribution in [1.82, 2.24) is 9.80 Å². The maximum Gasteiger partial charge on any atom is 0.237 e. The fourth-order valence-corrected chi connectivity index (χ4v) is 3.25. The molecule has 24 heavy (non-hydrogen) atoms. The maximum atomic E-state index is 12.9. The Kier molecular flexibility index (Phi) is 6.02. The molecule has 0 atom stereocenters. The molecule has 3 heteroatoms. The highest BCUT2D eigenvalue weighted by Gasteiger charge is 2.19. The van der Waals surface area contributed by atoms with Crippen molar-refractivity contribution < 1.29 is 4.79 Å². The van der Waals surface area contributed by atoms with Crippen LogP contribution in [0.1, 0.15) is 30.4 Å². The minimum absolute atomic E-state index is 0.226. The first-order chi connectivity index (χ1) is 11.8. The standard InChI is InChI=1S/C21H26N2O/c24-21(18-22-14-8-3-9-15-22)23(16-19-10-4-1-5-11-19)17-20-12-6-2-7-13-20/h1-2,4-7,10-13H,3,8-9,14-18H2. The first-order valence-electron chi connectivity index (χ1n) is 8.89. The van der Waals surface area contributed by atoms with Gasteiger partial charge in [0, 0.05) is 13.1 Å². The van der Waals surface area contributed by atoms with E-state index in [4.69, 9.17) is 0 Å². The lowest BCUT2D eigenvalue weighted by atomic mass is 10.1. The molecule has 3 nitrogen and oxygen atoms in total. The number of rotatable bonds is 6. The number of nitrogens with zero attached hydrogens (tertiary/aromatic N) is 2. The molecule has 0 saturated carbocycles. The second kappa shape index (κ2) is 8.65. The van der Waals surface area contributed by atoms with Gasteiger partial charge in [-0.3, -0.25) is 9.69 Å². The molecule has 1 aliphatic heterocycles. The van der Waals surface area contributed by atoms with Crippen molar-refractivity contribution >= 4 is 5.91 Å². The van der Waals surface area contributed by atoms with Gasteiger partial charge in [0.05, 0.1) is 6.54 Å². The van der Waals surface area contributed by atoms with Crippen LogP contribution in [0.5, 0.6) is 0 Å². The van der Waals surface area contributed by atoms with Crippen molar-refractivity contribution in [3.63, 3.8) is 0 Å². The Labute approximate surface area is 144 Å². The number of piperidine rings is 1. The van der Waals surface area contributed by atoms with E-state index in [1.54, 1.807) is 0 Å². The van der Waals surface area contributed by atoms with Gasteiger partial charge in [0.25, 0.3) is 0 Å². The van der Waals surface area contributed by atoms with Crippen LogP contribution in [0.25, 0.3) is 0 Å². The average molecular weight is 322 g/mol. The highest BCUT2D eigenvalue weighted by Crippen LogP contribution is 2.13. The molecule has 0 bridgehead atoms. The van der Waals surface area contributed by atoms with Crippen molar-refractivity contribution in [2.24, 2.45) is 0 Å². The van der Waals surface area contributed by atoms with Gasteiger partial charge in [0.2, 0.25) is 5.91 Å². The molecule has 0 aliphatic carbocycles. The van der Waals surface area contributed by atoms with E-state index in [9.17, 15) is 4.79 Å².